The summed E-state index contributed by atoms with van der Waals surface area (Å²) >= 11 is 0. The lowest BCUT2D eigenvalue weighted by Crippen LogP contribution is -2.38. The van der Waals surface area contributed by atoms with E-state index in [1.165, 1.54) is 19.3 Å². The molecule has 0 aliphatic carbocycles. The van der Waals surface area contributed by atoms with E-state index < -0.39 is 0 Å². The quantitative estimate of drug-likeness (QED) is 0.865. The second kappa shape index (κ2) is 7.07. The van der Waals surface area contributed by atoms with Gasteiger partial charge in [-0.3, -0.25) is 0 Å². The van der Waals surface area contributed by atoms with Crippen molar-refractivity contribution in [3.8, 4) is 0 Å². The second-order valence-electron chi connectivity index (χ2n) is 5.89. The molecule has 1 aliphatic heterocycles. The lowest BCUT2D eigenvalue weighted by atomic mass is 9.98. The molecule has 1 N–H and O–H groups in total. The third kappa shape index (κ3) is 3.32. The van der Waals surface area contributed by atoms with Crippen molar-refractivity contribution in [3.63, 3.8) is 0 Å². The molecule has 0 saturated carbocycles. The topological polar surface area (TPSA) is 15.3 Å². The van der Waals surface area contributed by atoms with Gasteiger partial charge in [0.15, 0.2) is 0 Å². The highest BCUT2D eigenvalue weighted by atomic mass is 19.1. The predicted octanol–water partition coefficient (Wildman–Crippen LogP) is 4.27. The number of hydrogen-bond acceptors (Lipinski definition) is 2. The fourth-order valence-electron chi connectivity index (χ4n) is 3.12. The van der Waals surface area contributed by atoms with Gasteiger partial charge >= 0.3 is 0 Å². The van der Waals surface area contributed by atoms with E-state index in [4.69, 9.17) is 0 Å². The van der Waals surface area contributed by atoms with Crippen LogP contribution >= 0.6 is 0 Å². The first-order valence-electron chi connectivity index (χ1n) is 7.93. The number of nitrogens with zero attached hydrogens (tertiary/aromatic N) is 1. The Hall–Kier alpha value is -1.09. The first kappa shape index (κ1) is 15.3. The van der Waals surface area contributed by atoms with Crippen LogP contribution in [-0.2, 0) is 0 Å². The highest BCUT2D eigenvalue weighted by molar-refractivity contribution is 5.56. The fourth-order valence-corrected chi connectivity index (χ4v) is 3.12. The summed E-state index contributed by atoms with van der Waals surface area (Å²) in [5, 5.41) is 3.42. The Bertz CT molecular complexity index is 433. The number of benzene rings is 1. The molecule has 1 saturated heterocycles. The van der Waals surface area contributed by atoms with Crippen molar-refractivity contribution in [2.45, 2.75) is 58.5 Å². The molecule has 2 nitrogen and oxygen atoms in total. The third-order valence-electron chi connectivity index (χ3n) is 4.28. The van der Waals surface area contributed by atoms with Gasteiger partial charge < -0.3 is 10.2 Å². The molecule has 1 aromatic rings. The molecule has 112 valence electrons. The summed E-state index contributed by atoms with van der Waals surface area (Å²) in [6.07, 6.45) is 4.75. The first-order chi connectivity index (χ1) is 9.65. The lowest BCUT2D eigenvalue weighted by molar-refractivity contribution is 0.474. The molecule has 3 heteroatoms. The fraction of sp³-hybridized carbons (Fsp3) is 0.647. The standard InChI is InChI=1S/C17H27FN2/c1-4-11-19-14(3)17-15(18)9-7-10-16(17)20-12-6-5-8-13(20)2/h7,9-10,13-14,19H,4-6,8,11-12H2,1-3H3. The summed E-state index contributed by atoms with van der Waals surface area (Å²) in [6, 6.07) is 6.05. The molecule has 1 heterocycles. The molecule has 2 atom stereocenters. The number of nitrogens with one attached hydrogen (secondary N) is 1. The summed E-state index contributed by atoms with van der Waals surface area (Å²) in [5.74, 6) is -0.0867. The SMILES string of the molecule is CCCNC(C)c1c(F)cccc1N1CCCCC1C. The molecule has 0 amide bonds. The van der Waals surface area contributed by atoms with Crippen molar-refractivity contribution < 1.29 is 4.39 Å². The zero-order chi connectivity index (χ0) is 14.5. The van der Waals surface area contributed by atoms with E-state index in [1.54, 1.807) is 6.07 Å². The highest BCUT2D eigenvalue weighted by Gasteiger charge is 2.24. The van der Waals surface area contributed by atoms with Crippen LogP contribution in [0.15, 0.2) is 18.2 Å². The largest absolute Gasteiger partial charge is 0.368 e. The van der Waals surface area contributed by atoms with Crippen molar-refractivity contribution in [1.82, 2.24) is 5.32 Å². The van der Waals surface area contributed by atoms with E-state index >= 15 is 0 Å². The molecule has 2 rings (SSSR count). The van der Waals surface area contributed by atoms with Gasteiger partial charge in [-0.15, -0.1) is 0 Å². The van der Waals surface area contributed by atoms with Crippen LogP contribution in [0.25, 0.3) is 0 Å². The van der Waals surface area contributed by atoms with Crippen LogP contribution in [0.5, 0.6) is 0 Å². The van der Waals surface area contributed by atoms with E-state index in [9.17, 15) is 4.39 Å². The van der Waals surface area contributed by atoms with Crippen LogP contribution in [0.2, 0.25) is 0 Å². The molecule has 1 aliphatic rings. The molecule has 2 unspecified atom stereocenters. The van der Waals surface area contributed by atoms with E-state index in [1.807, 2.05) is 6.07 Å². The maximum Gasteiger partial charge on any atom is 0.130 e. The zero-order valence-electron chi connectivity index (χ0n) is 13.0. The number of anilines is 1. The summed E-state index contributed by atoms with van der Waals surface area (Å²) in [4.78, 5) is 2.38. The van der Waals surface area contributed by atoms with E-state index in [2.05, 4.69) is 37.1 Å². The van der Waals surface area contributed by atoms with Gasteiger partial charge in [-0.2, -0.15) is 0 Å². The molecular weight excluding hydrogens is 251 g/mol. The lowest BCUT2D eigenvalue weighted by Gasteiger charge is -2.37. The smallest absolute Gasteiger partial charge is 0.130 e. The Kier molecular flexibility index (Phi) is 5.41. The second-order valence-corrected chi connectivity index (χ2v) is 5.89. The summed E-state index contributed by atoms with van der Waals surface area (Å²) in [6.45, 7) is 8.40. The molecule has 1 fully saturated rings. The van der Waals surface area contributed by atoms with E-state index in [0.717, 1.165) is 30.8 Å². The number of piperidine rings is 1. The Morgan fingerprint density at radius 1 is 1.40 bits per heavy atom. The Morgan fingerprint density at radius 3 is 2.90 bits per heavy atom. The van der Waals surface area contributed by atoms with Crippen LogP contribution < -0.4 is 10.2 Å². The number of hydrogen-bond donors (Lipinski definition) is 1. The average molecular weight is 278 g/mol. The van der Waals surface area contributed by atoms with Crippen LogP contribution in [0.4, 0.5) is 10.1 Å². The van der Waals surface area contributed by atoms with Crippen LogP contribution in [-0.4, -0.2) is 19.1 Å². The molecule has 0 bridgehead atoms. The zero-order valence-corrected chi connectivity index (χ0v) is 13.0. The maximum atomic E-state index is 14.3. The summed E-state index contributed by atoms with van der Waals surface area (Å²) in [5.41, 5.74) is 1.91. The third-order valence-corrected chi connectivity index (χ3v) is 4.28. The van der Waals surface area contributed by atoms with Gasteiger partial charge in [-0.05, 0) is 58.2 Å². The normalized spacial score (nSPS) is 21.0. The van der Waals surface area contributed by atoms with Crippen molar-refractivity contribution in [1.29, 1.82) is 0 Å². The minimum Gasteiger partial charge on any atom is -0.368 e. The van der Waals surface area contributed by atoms with Gasteiger partial charge in [0.2, 0.25) is 0 Å². The van der Waals surface area contributed by atoms with E-state index in [0.29, 0.717) is 6.04 Å². The molecule has 0 aromatic heterocycles. The molecule has 0 spiro atoms. The maximum absolute atomic E-state index is 14.3. The van der Waals surface area contributed by atoms with Crippen molar-refractivity contribution >= 4 is 5.69 Å². The van der Waals surface area contributed by atoms with Gasteiger partial charge in [0, 0.05) is 29.9 Å². The Balaban J connectivity index is 2.29. The minimum atomic E-state index is -0.0867. The van der Waals surface area contributed by atoms with Gasteiger partial charge in [0.05, 0.1) is 0 Å². The number of halogens is 1. The molecule has 1 aromatic carbocycles. The monoisotopic (exact) mass is 278 g/mol. The van der Waals surface area contributed by atoms with Gasteiger partial charge in [0.25, 0.3) is 0 Å². The van der Waals surface area contributed by atoms with Crippen LogP contribution in [0, 0.1) is 5.82 Å². The number of rotatable bonds is 5. The van der Waals surface area contributed by atoms with Crippen LogP contribution in [0.1, 0.15) is 58.1 Å². The van der Waals surface area contributed by atoms with Crippen molar-refractivity contribution in [3.05, 3.63) is 29.6 Å². The Morgan fingerprint density at radius 2 is 2.20 bits per heavy atom. The van der Waals surface area contributed by atoms with Crippen LogP contribution in [0.3, 0.4) is 0 Å². The molecular formula is C17H27FN2. The van der Waals surface area contributed by atoms with Crippen molar-refractivity contribution in [2.75, 3.05) is 18.0 Å². The molecule has 0 radical (unpaired) electrons. The minimum absolute atomic E-state index is 0.0558. The highest BCUT2D eigenvalue weighted by Crippen LogP contribution is 2.33. The van der Waals surface area contributed by atoms with Gasteiger partial charge in [-0.25, -0.2) is 4.39 Å². The predicted molar refractivity (Wildman–Crippen MR) is 83.8 cm³/mol. The van der Waals surface area contributed by atoms with Gasteiger partial charge in [0.1, 0.15) is 5.82 Å². The Labute approximate surface area is 122 Å². The summed E-state index contributed by atoms with van der Waals surface area (Å²) < 4.78 is 14.3. The summed E-state index contributed by atoms with van der Waals surface area (Å²) in [7, 11) is 0. The van der Waals surface area contributed by atoms with Gasteiger partial charge in [-0.1, -0.05) is 13.0 Å². The van der Waals surface area contributed by atoms with Crippen molar-refractivity contribution in [2.24, 2.45) is 0 Å². The average Bonchev–Trinajstić information content (AvgIpc) is 2.45. The first-order valence-corrected chi connectivity index (χ1v) is 7.93. The van der Waals surface area contributed by atoms with E-state index in [-0.39, 0.29) is 11.9 Å². The molecule has 20 heavy (non-hydrogen) atoms.